The van der Waals surface area contributed by atoms with Crippen molar-refractivity contribution in [1.29, 1.82) is 0 Å². The van der Waals surface area contributed by atoms with Crippen LogP contribution in [-0.2, 0) is 6.54 Å². The minimum absolute atomic E-state index is 0.0639. The lowest BCUT2D eigenvalue weighted by Crippen LogP contribution is -2.30. The van der Waals surface area contributed by atoms with Gasteiger partial charge in [-0.25, -0.2) is 0 Å². The van der Waals surface area contributed by atoms with E-state index in [9.17, 15) is 4.79 Å². The Balaban J connectivity index is 1.65. The SMILES string of the molecule is CNCC1CCN(C(=O)c2cnn(Cc3ccccc3Cl)c2)C1. The molecule has 1 aromatic heterocycles. The van der Waals surface area contributed by atoms with Crippen molar-refractivity contribution < 1.29 is 4.79 Å². The second-order valence-corrected chi connectivity index (χ2v) is 6.39. The van der Waals surface area contributed by atoms with Gasteiger partial charge < -0.3 is 10.2 Å². The van der Waals surface area contributed by atoms with Crippen LogP contribution in [0.15, 0.2) is 36.7 Å². The maximum Gasteiger partial charge on any atom is 0.257 e. The number of carbonyl (C=O) groups is 1. The Hall–Kier alpha value is -1.85. The van der Waals surface area contributed by atoms with Crippen LogP contribution in [0.5, 0.6) is 0 Å². The lowest BCUT2D eigenvalue weighted by molar-refractivity contribution is 0.0787. The first-order valence-corrected chi connectivity index (χ1v) is 8.25. The Bertz CT molecular complexity index is 685. The number of hydrogen-bond donors (Lipinski definition) is 1. The van der Waals surface area contributed by atoms with Crippen molar-refractivity contribution in [1.82, 2.24) is 20.0 Å². The summed E-state index contributed by atoms with van der Waals surface area (Å²) in [6.45, 7) is 3.15. The van der Waals surface area contributed by atoms with Crippen LogP contribution >= 0.6 is 11.6 Å². The molecule has 1 aliphatic rings. The summed E-state index contributed by atoms with van der Waals surface area (Å²) in [5, 5.41) is 8.19. The zero-order valence-corrected chi connectivity index (χ0v) is 14.0. The first-order chi connectivity index (χ1) is 11.2. The number of amides is 1. The number of halogens is 1. The number of hydrogen-bond acceptors (Lipinski definition) is 3. The van der Waals surface area contributed by atoms with Crippen molar-refractivity contribution in [3.05, 3.63) is 52.8 Å². The molecule has 2 heterocycles. The van der Waals surface area contributed by atoms with E-state index in [4.69, 9.17) is 11.6 Å². The molecular weight excluding hydrogens is 312 g/mol. The maximum absolute atomic E-state index is 12.6. The molecule has 23 heavy (non-hydrogen) atoms. The summed E-state index contributed by atoms with van der Waals surface area (Å²) in [4.78, 5) is 14.5. The van der Waals surface area contributed by atoms with Crippen LogP contribution < -0.4 is 5.32 Å². The fourth-order valence-corrected chi connectivity index (χ4v) is 3.21. The van der Waals surface area contributed by atoms with Gasteiger partial charge in [0, 0.05) is 24.3 Å². The quantitative estimate of drug-likeness (QED) is 0.913. The fourth-order valence-electron chi connectivity index (χ4n) is 3.02. The van der Waals surface area contributed by atoms with Gasteiger partial charge in [0.15, 0.2) is 0 Å². The van der Waals surface area contributed by atoms with Crippen molar-refractivity contribution in [3.63, 3.8) is 0 Å². The van der Waals surface area contributed by atoms with Crippen LogP contribution in [-0.4, -0.2) is 47.3 Å². The average molecular weight is 333 g/mol. The van der Waals surface area contributed by atoms with Crippen LogP contribution in [0.1, 0.15) is 22.3 Å². The molecule has 0 spiro atoms. The highest BCUT2D eigenvalue weighted by atomic mass is 35.5. The Kier molecular flexibility index (Phi) is 4.98. The summed E-state index contributed by atoms with van der Waals surface area (Å²) in [6, 6.07) is 7.68. The highest BCUT2D eigenvalue weighted by Crippen LogP contribution is 2.19. The highest BCUT2D eigenvalue weighted by molar-refractivity contribution is 6.31. The summed E-state index contributed by atoms with van der Waals surface area (Å²) in [6.07, 6.45) is 4.50. The number of nitrogens with one attached hydrogen (secondary N) is 1. The van der Waals surface area contributed by atoms with E-state index in [1.165, 1.54) is 0 Å². The van der Waals surface area contributed by atoms with Gasteiger partial charge in [-0.05, 0) is 37.6 Å². The van der Waals surface area contributed by atoms with E-state index in [0.717, 1.165) is 31.6 Å². The molecular formula is C17H21ClN4O. The van der Waals surface area contributed by atoms with Crippen molar-refractivity contribution in [3.8, 4) is 0 Å². The van der Waals surface area contributed by atoms with E-state index in [-0.39, 0.29) is 5.91 Å². The summed E-state index contributed by atoms with van der Waals surface area (Å²) in [7, 11) is 1.95. The molecule has 1 atom stereocenters. The van der Waals surface area contributed by atoms with Gasteiger partial charge in [0.2, 0.25) is 0 Å². The molecule has 1 aromatic carbocycles. The van der Waals surface area contributed by atoms with Gasteiger partial charge in [0.05, 0.1) is 18.3 Å². The number of likely N-dealkylation sites (tertiary alicyclic amines) is 1. The van der Waals surface area contributed by atoms with Gasteiger partial charge in [-0.3, -0.25) is 9.48 Å². The number of aromatic nitrogens is 2. The predicted molar refractivity (Wildman–Crippen MR) is 90.7 cm³/mol. The second-order valence-electron chi connectivity index (χ2n) is 5.98. The number of carbonyl (C=O) groups excluding carboxylic acids is 1. The topological polar surface area (TPSA) is 50.2 Å². The Morgan fingerprint density at radius 3 is 3.04 bits per heavy atom. The van der Waals surface area contributed by atoms with Crippen LogP contribution in [0.3, 0.4) is 0 Å². The smallest absolute Gasteiger partial charge is 0.257 e. The molecule has 1 aliphatic heterocycles. The van der Waals surface area contributed by atoms with Crippen molar-refractivity contribution >= 4 is 17.5 Å². The van der Waals surface area contributed by atoms with E-state index >= 15 is 0 Å². The first kappa shape index (κ1) is 16.0. The highest BCUT2D eigenvalue weighted by Gasteiger charge is 2.27. The van der Waals surface area contributed by atoms with Crippen molar-refractivity contribution in [2.24, 2.45) is 5.92 Å². The monoisotopic (exact) mass is 332 g/mol. The van der Waals surface area contributed by atoms with Crippen molar-refractivity contribution in [2.75, 3.05) is 26.7 Å². The molecule has 2 aromatic rings. The third-order valence-corrected chi connectivity index (χ3v) is 4.60. The summed E-state index contributed by atoms with van der Waals surface area (Å²) in [5.41, 5.74) is 1.63. The minimum Gasteiger partial charge on any atom is -0.338 e. The molecule has 1 N–H and O–H groups in total. The van der Waals surface area contributed by atoms with Crippen molar-refractivity contribution in [2.45, 2.75) is 13.0 Å². The zero-order valence-electron chi connectivity index (χ0n) is 13.2. The lowest BCUT2D eigenvalue weighted by atomic mass is 10.1. The Morgan fingerprint density at radius 1 is 1.43 bits per heavy atom. The summed E-state index contributed by atoms with van der Waals surface area (Å²) < 4.78 is 1.76. The molecule has 0 saturated carbocycles. The minimum atomic E-state index is 0.0639. The molecule has 122 valence electrons. The first-order valence-electron chi connectivity index (χ1n) is 7.87. The third kappa shape index (κ3) is 3.74. The van der Waals surface area contributed by atoms with Gasteiger partial charge >= 0.3 is 0 Å². The standard InChI is InChI=1S/C17H21ClN4O/c1-19-8-13-6-7-21(10-13)17(23)15-9-20-22(12-15)11-14-4-2-3-5-16(14)18/h2-5,9,12-13,19H,6-8,10-11H2,1H3. The van der Waals surface area contributed by atoms with E-state index in [1.54, 1.807) is 17.1 Å². The van der Waals surface area contributed by atoms with Gasteiger partial charge in [-0.15, -0.1) is 0 Å². The largest absolute Gasteiger partial charge is 0.338 e. The van der Waals surface area contributed by atoms with Gasteiger partial charge in [0.1, 0.15) is 0 Å². The number of benzene rings is 1. The molecule has 1 fully saturated rings. The Morgan fingerprint density at radius 2 is 2.26 bits per heavy atom. The number of nitrogens with zero attached hydrogens (tertiary/aromatic N) is 3. The van der Waals surface area contributed by atoms with Crippen LogP contribution in [0.2, 0.25) is 5.02 Å². The summed E-state index contributed by atoms with van der Waals surface area (Å²) in [5.74, 6) is 0.608. The maximum atomic E-state index is 12.6. The van der Waals surface area contributed by atoms with E-state index in [0.29, 0.717) is 23.0 Å². The predicted octanol–water partition coefficient (Wildman–Crippen LogP) is 2.27. The van der Waals surface area contributed by atoms with E-state index < -0.39 is 0 Å². The molecule has 6 heteroatoms. The molecule has 0 aliphatic carbocycles. The van der Waals surface area contributed by atoms with E-state index in [2.05, 4.69) is 10.4 Å². The fraction of sp³-hybridized carbons (Fsp3) is 0.412. The molecule has 0 radical (unpaired) electrons. The Labute approximate surface area is 141 Å². The third-order valence-electron chi connectivity index (χ3n) is 4.24. The van der Waals surface area contributed by atoms with Gasteiger partial charge in [-0.1, -0.05) is 29.8 Å². The molecule has 5 nitrogen and oxygen atoms in total. The second kappa shape index (κ2) is 7.15. The lowest BCUT2D eigenvalue weighted by Gasteiger charge is -2.15. The van der Waals surface area contributed by atoms with Crippen LogP contribution in [0.4, 0.5) is 0 Å². The zero-order chi connectivity index (χ0) is 16.2. The average Bonchev–Trinajstić information content (AvgIpc) is 3.19. The number of rotatable bonds is 5. The van der Waals surface area contributed by atoms with E-state index in [1.807, 2.05) is 36.2 Å². The molecule has 0 bridgehead atoms. The molecule has 3 rings (SSSR count). The normalized spacial score (nSPS) is 17.7. The van der Waals surface area contributed by atoms with Crippen LogP contribution in [0.25, 0.3) is 0 Å². The van der Waals surface area contributed by atoms with Gasteiger partial charge in [0.25, 0.3) is 5.91 Å². The summed E-state index contributed by atoms with van der Waals surface area (Å²) >= 11 is 6.17. The molecule has 1 saturated heterocycles. The molecule has 1 amide bonds. The molecule has 1 unspecified atom stereocenters. The van der Waals surface area contributed by atoms with Gasteiger partial charge in [-0.2, -0.15) is 5.10 Å². The van der Waals surface area contributed by atoms with Crippen LogP contribution in [0, 0.1) is 5.92 Å².